The van der Waals surface area contributed by atoms with Crippen molar-refractivity contribution in [3.8, 4) is 11.5 Å². The van der Waals surface area contributed by atoms with Crippen molar-refractivity contribution in [3.63, 3.8) is 0 Å². The first kappa shape index (κ1) is 14.8. The minimum atomic E-state index is -0.503. The van der Waals surface area contributed by atoms with Crippen LogP contribution in [0.2, 0.25) is 0 Å². The van der Waals surface area contributed by atoms with E-state index in [1.165, 1.54) is 21.1 Å². The van der Waals surface area contributed by atoms with Crippen LogP contribution in [0.4, 0.5) is 0 Å². The highest BCUT2D eigenvalue weighted by Gasteiger charge is 2.16. The average molecular weight is 264 g/mol. The lowest BCUT2D eigenvalue weighted by molar-refractivity contribution is -0.136. The van der Waals surface area contributed by atoms with Gasteiger partial charge in [0.25, 0.3) is 0 Å². The minimum absolute atomic E-state index is 0.215. The lowest BCUT2D eigenvalue weighted by Crippen LogP contribution is -2.09. The Morgan fingerprint density at radius 2 is 1.95 bits per heavy atom. The first-order valence-electron chi connectivity index (χ1n) is 5.60. The smallest absolute Gasteiger partial charge is 0.333 e. The quantitative estimate of drug-likeness (QED) is 0.461. The van der Waals surface area contributed by atoms with Gasteiger partial charge in [-0.15, -0.1) is 0 Å². The van der Waals surface area contributed by atoms with Crippen LogP contribution in [0, 0.1) is 0 Å². The Kier molecular flexibility index (Phi) is 5.11. The number of methoxy groups -OCH3 is 2. The number of rotatable bonds is 5. The first-order chi connectivity index (χ1) is 8.99. The van der Waals surface area contributed by atoms with Gasteiger partial charge in [0.1, 0.15) is 0 Å². The Hall–Kier alpha value is -2.30. The molecule has 5 heteroatoms. The van der Waals surface area contributed by atoms with Gasteiger partial charge >= 0.3 is 11.9 Å². The molecule has 0 saturated heterocycles. The summed E-state index contributed by atoms with van der Waals surface area (Å²) in [7, 11) is 2.76. The molecule has 1 aromatic rings. The van der Waals surface area contributed by atoms with Gasteiger partial charge in [-0.2, -0.15) is 0 Å². The summed E-state index contributed by atoms with van der Waals surface area (Å²) in [6.07, 6.45) is 0.215. The fourth-order valence-electron chi connectivity index (χ4n) is 1.57. The molecule has 0 radical (unpaired) electrons. The molecule has 0 bridgehead atoms. The molecule has 0 spiro atoms. The summed E-state index contributed by atoms with van der Waals surface area (Å²) in [6.45, 7) is 4.94. The maximum absolute atomic E-state index is 11.3. The number of hydrogen-bond donors (Lipinski definition) is 0. The number of carbonyl (C=O) groups is 2. The van der Waals surface area contributed by atoms with Gasteiger partial charge in [0.05, 0.1) is 14.2 Å². The maximum Gasteiger partial charge on any atom is 0.333 e. The number of para-hydroxylation sites is 1. The van der Waals surface area contributed by atoms with Crippen molar-refractivity contribution in [2.45, 2.75) is 13.3 Å². The van der Waals surface area contributed by atoms with E-state index < -0.39 is 11.9 Å². The molecule has 0 fully saturated rings. The molecule has 0 N–H and O–H groups in total. The Labute approximate surface area is 111 Å². The number of benzene rings is 1. The van der Waals surface area contributed by atoms with Crippen molar-refractivity contribution in [1.82, 2.24) is 0 Å². The molecule has 0 unspecified atom stereocenters. The van der Waals surface area contributed by atoms with Crippen LogP contribution in [-0.4, -0.2) is 26.2 Å². The van der Waals surface area contributed by atoms with Crippen molar-refractivity contribution < 1.29 is 23.8 Å². The summed E-state index contributed by atoms with van der Waals surface area (Å²) in [4.78, 5) is 22.5. The third-order valence-corrected chi connectivity index (χ3v) is 2.40. The molecule has 0 amide bonds. The third kappa shape index (κ3) is 3.84. The van der Waals surface area contributed by atoms with Gasteiger partial charge in [-0.25, -0.2) is 4.79 Å². The maximum atomic E-state index is 11.3. The Morgan fingerprint density at radius 1 is 1.26 bits per heavy atom. The summed E-state index contributed by atoms with van der Waals surface area (Å²) in [5.74, 6) is -0.251. The van der Waals surface area contributed by atoms with E-state index in [1.807, 2.05) is 0 Å². The van der Waals surface area contributed by atoms with Crippen molar-refractivity contribution in [2.75, 3.05) is 14.2 Å². The second-order valence-corrected chi connectivity index (χ2v) is 3.81. The Bertz CT molecular complexity index is 505. The second kappa shape index (κ2) is 6.58. The van der Waals surface area contributed by atoms with Crippen LogP contribution in [0.5, 0.6) is 11.5 Å². The van der Waals surface area contributed by atoms with Crippen molar-refractivity contribution in [1.29, 1.82) is 0 Å². The van der Waals surface area contributed by atoms with E-state index in [0.717, 1.165) is 0 Å². The monoisotopic (exact) mass is 264 g/mol. The summed E-state index contributed by atoms with van der Waals surface area (Å²) in [6, 6.07) is 5.14. The normalized spacial score (nSPS) is 9.63. The fraction of sp³-hybridized carbons (Fsp3) is 0.286. The summed E-state index contributed by atoms with van der Waals surface area (Å²) in [5.41, 5.74) is 0.897. The predicted octanol–water partition coefficient (Wildman–Crippen LogP) is 1.89. The molecule has 1 rings (SSSR count). The standard InChI is InChI=1S/C14H16O5/c1-9(14(16)18-4)8-11-6-5-7-12(17-3)13(11)19-10(2)15/h5-7H,1,8H2,2-4H3. The van der Waals surface area contributed by atoms with E-state index in [2.05, 4.69) is 11.3 Å². The van der Waals surface area contributed by atoms with Crippen LogP contribution >= 0.6 is 0 Å². The fourth-order valence-corrected chi connectivity index (χ4v) is 1.57. The van der Waals surface area contributed by atoms with E-state index in [-0.39, 0.29) is 12.0 Å². The zero-order chi connectivity index (χ0) is 14.4. The molecule has 5 nitrogen and oxygen atoms in total. The Morgan fingerprint density at radius 3 is 2.47 bits per heavy atom. The van der Waals surface area contributed by atoms with E-state index in [4.69, 9.17) is 9.47 Å². The molecule has 0 atom stereocenters. The first-order valence-corrected chi connectivity index (χ1v) is 5.60. The molecular weight excluding hydrogens is 248 g/mol. The van der Waals surface area contributed by atoms with Gasteiger partial charge in [-0.1, -0.05) is 18.7 Å². The predicted molar refractivity (Wildman–Crippen MR) is 69.2 cm³/mol. The van der Waals surface area contributed by atoms with Crippen LogP contribution < -0.4 is 9.47 Å². The molecule has 0 saturated carbocycles. The Balaban J connectivity index is 3.08. The number of ether oxygens (including phenoxy) is 3. The van der Waals surface area contributed by atoms with Gasteiger partial charge in [-0.3, -0.25) is 4.79 Å². The van der Waals surface area contributed by atoms with Gasteiger partial charge < -0.3 is 14.2 Å². The largest absolute Gasteiger partial charge is 0.493 e. The van der Waals surface area contributed by atoms with Crippen LogP contribution in [0.1, 0.15) is 12.5 Å². The van der Waals surface area contributed by atoms with E-state index >= 15 is 0 Å². The number of carbonyl (C=O) groups excluding carboxylic acids is 2. The highest BCUT2D eigenvalue weighted by atomic mass is 16.6. The summed E-state index contributed by atoms with van der Waals surface area (Å²) < 4.78 is 14.8. The molecule has 102 valence electrons. The van der Waals surface area contributed by atoms with E-state index in [1.54, 1.807) is 18.2 Å². The van der Waals surface area contributed by atoms with Crippen molar-refractivity contribution in [2.24, 2.45) is 0 Å². The van der Waals surface area contributed by atoms with Crippen LogP contribution in [0.25, 0.3) is 0 Å². The van der Waals surface area contributed by atoms with Crippen LogP contribution in [-0.2, 0) is 20.7 Å². The zero-order valence-corrected chi connectivity index (χ0v) is 11.2. The second-order valence-electron chi connectivity index (χ2n) is 3.81. The highest BCUT2D eigenvalue weighted by Crippen LogP contribution is 2.32. The summed E-state index contributed by atoms with van der Waals surface area (Å²) >= 11 is 0. The molecule has 19 heavy (non-hydrogen) atoms. The van der Waals surface area contributed by atoms with Crippen LogP contribution in [0.3, 0.4) is 0 Å². The molecule has 0 aromatic heterocycles. The SMILES string of the molecule is C=C(Cc1cccc(OC)c1OC(C)=O)C(=O)OC. The lowest BCUT2D eigenvalue weighted by atomic mass is 10.0. The van der Waals surface area contributed by atoms with Gasteiger partial charge in [0, 0.05) is 24.5 Å². The van der Waals surface area contributed by atoms with Crippen LogP contribution in [0.15, 0.2) is 30.4 Å². The van der Waals surface area contributed by atoms with Gasteiger partial charge in [0.2, 0.25) is 0 Å². The molecule has 0 heterocycles. The van der Waals surface area contributed by atoms with Gasteiger partial charge in [-0.05, 0) is 6.07 Å². The van der Waals surface area contributed by atoms with Crippen molar-refractivity contribution in [3.05, 3.63) is 35.9 Å². The molecular formula is C14H16O5. The topological polar surface area (TPSA) is 61.8 Å². The van der Waals surface area contributed by atoms with Gasteiger partial charge in [0.15, 0.2) is 11.5 Å². The van der Waals surface area contributed by atoms with E-state index in [0.29, 0.717) is 17.1 Å². The van der Waals surface area contributed by atoms with Crippen molar-refractivity contribution >= 4 is 11.9 Å². The minimum Gasteiger partial charge on any atom is -0.493 e. The third-order valence-electron chi connectivity index (χ3n) is 2.40. The number of hydrogen-bond acceptors (Lipinski definition) is 5. The molecule has 1 aromatic carbocycles. The highest BCUT2D eigenvalue weighted by molar-refractivity contribution is 5.88. The number of esters is 2. The molecule has 0 aliphatic rings. The lowest BCUT2D eigenvalue weighted by Gasteiger charge is -2.13. The van der Waals surface area contributed by atoms with E-state index in [9.17, 15) is 9.59 Å². The molecule has 0 aliphatic heterocycles. The average Bonchev–Trinajstić information content (AvgIpc) is 2.39. The molecule has 0 aliphatic carbocycles. The zero-order valence-electron chi connectivity index (χ0n) is 11.2. The summed E-state index contributed by atoms with van der Waals surface area (Å²) in [5, 5.41) is 0.